The van der Waals surface area contributed by atoms with Gasteiger partial charge in [0.05, 0.1) is 18.1 Å². The number of aromatic nitrogens is 1. The van der Waals surface area contributed by atoms with Crippen LogP contribution >= 0.6 is 11.3 Å². The highest BCUT2D eigenvalue weighted by Crippen LogP contribution is 2.31. The standard InChI is InChI=1S/C12H8N2O3S/c13-12-14-9(8-2-1-4-17-8)11(18-12)10(15)7-3-5-16-6-7/h1-6H,(H2,13,14). The first-order valence-electron chi connectivity index (χ1n) is 5.13. The Balaban J connectivity index is 2.10. The molecule has 0 spiro atoms. The molecule has 2 N–H and O–H groups in total. The number of nitrogens with zero attached hydrogens (tertiary/aromatic N) is 1. The maximum atomic E-state index is 12.2. The van der Waals surface area contributed by atoms with Crippen LogP contribution < -0.4 is 5.73 Å². The van der Waals surface area contributed by atoms with Gasteiger partial charge in [-0.15, -0.1) is 0 Å². The lowest BCUT2D eigenvalue weighted by molar-refractivity contribution is 0.104. The summed E-state index contributed by atoms with van der Waals surface area (Å²) >= 11 is 1.13. The van der Waals surface area contributed by atoms with E-state index in [0.29, 0.717) is 27.0 Å². The molecule has 3 heterocycles. The van der Waals surface area contributed by atoms with Gasteiger partial charge in [-0.3, -0.25) is 4.79 Å². The van der Waals surface area contributed by atoms with Gasteiger partial charge in [-0.1, -0.05) is 11.3 Å². The monoisotopic (exact) mass is 260 g/mol. The zero-order chi connectivity index (χ0) is 12.5. The Morgan fingerprint density at radius 2 is 2.22 bits per heavy atom. The van der Waals surface area contributed by atoms with Crippen LogP contribution in [0.15, 0.2) is 45.8 Å². The summed E-state index contributed by atoms with van der Waals surface area (Å²) in [5, 5.41) is 0.327. The Labute approximate surface area is 106 Å². The van der Waals surface area contributed by atoms with E-state index in [2.05, 4.69) is 4.98 Å². The SMILES string of the molecule is Nc1nc(-c2ccco2)c(C(=O)c2ccoc2)s1. The van der Waals surface area contributed by atoms with Crippen molar-refractivity contribution in [2.24, 2.45) is 0 Å². The van der Waals surface area contributed by atoms with Crippen molar-refractivity contribution < 1.29 is 13.6 Å². The van der Waals surface area contributed by atoms with Gasteiger partial charge in [-0.05, 0) is 18.2 Å². The van der Waals surface area contributed by atoms with Gasteiger partial charge in [-0.25, -0.2) is 4.98 Å². The quantitative estimate of drug-likeness (QED) is 0.732. The number of furan rings is 2. The maximum Gasteiger partial charge on any atom is 0.208 e. The third kappa shape index (κ3) is 1.72. The fourth-order valence-corrected chi connectivity index (χ4v) is 2.40. The Kier molecular flexibility index (Phi) is 2.49. The molecule has 3 aromatic heterocycles. The number of carbonyl (C=O) groups excluding carboxylic acids is 1. The molecule has 0 atom stereocenters. The average Bonchev–Trinajstić information content (AvgIpc) is 3.09. The third-order valence-corrected chi connectivity index (χ3v) is 3.27. The molecular formula is C12H8N2O3S. The number of anilines is 1. The number of nitrogens with two attached hydrogens (primary N) is 1. The van der Waals surface area contributed by atoms with E-state index in [9.17, 15) is 4.79 Å². The van der Waals surface area contributed by atoms with Crippen LogP contribution in [-0.4, -0.2) is 10.8 Å². The van der Waals surface area contributed by atoms with Gasteiger partial charge in [-0.2, -0.15) is 0 Å². The molecule has 0 saturated heterocycles. The van der Waals surface area contributed by atoms with Gasteiger partial charge in [0, 0.05) is 0 Å². The third-order valence-electron chi connectivity index (χ3n) is 2.39. The van der Waals surface area contributed by atoms with Crippen molar-refractivity contribution >= 4 is 22.3 Å². The van der Waals surface area contributed by atoms with Gasteiger partial charge in [0.25, 0.3) is 0 Å². The van der Waals surface area contributed by atoms with Crippen molar-refractivity contribution in [3.8, 4) is 11.5 Å². The average molecular weight is 260 g/mol. The smallest absolute Gasteiger partial charge is 0.208 e. The Hall–Kier alpha value is -2.34. The van der Waals surface area contributed by atoms with Gasteiger partial charge in [0.1, 0.15) is 16.8 Å². The van der Waals surface area contributed by atoms with Crippen LogP contribution in [0.5, 0.6) is 0 Å². The lowest BCUT2D eigenvalue weighted by Crippen LogP contribution is -1.98. The molecular weight excluding hydrogens is 252 g/mol. The number of thiazole rings is 1. The first-order chi connectivity index (χ1) is 8.75. The summed E-state index contributed by atoms with van der Waals surface area (Å²) in [4.78, 5) is 16.8. The minimum Gasteiger partial charge on any atom is -0.472 e. The van der Waals surface area contributed by atoms with Gasteiger partial charge < -0.3 is 14.6 Å². The molecule has 3 aromatic rings. The van der Waals surface area contributed by atoms with E-state index in [1.54, 1.807) is 18.2 Å². The highest BCUT2D eigenvalue weighted by Gasteiger charge is 2.22. The number of ketones is 1. The number of carbonyl (C=O) groups is 1. The minimum atomic E-state index is -0.177. The van der Waals surface area contributed by atoms with E-state index in [-0.39, 0.29) is 5.78 Å². The second-order valence-electron chi connectivity index (χ2n) is 3.55. The van der Waals surface area contributed by atoms with Crippen LogP contribution in [0.25, 0.3) is 11.5 Å². The summed E-state index contributed by atoms with van der Waals surface area (Å²) in [6, 6.07) is 5.07. The fraction of sp³-hybridized carbons (Fsp3) is 0. The molecule has 3 rings (SSSR count). The van der Waals surface area contributed by atoms with E-state index in [1.807, 2.05) is 0 Å². The van der Waals surface area contributed by atoms with E-state index in [0.717, 1.165) is 11.3 Å². The Morgan fingerprint density at radius 1 is 1.33 bits per heavy atom. The molecule has 0 unspecified atom stereocenters. The molecule has 0 aliphatic rings. The van der Waals surface area contributed by atoms with Crippen molar-refractivity contribution in [2.45, 2.75) is 0 Å². The van der Waals surface area contributed by atoms with Crippen molar-refractivity contribution in [2.75, 3.05) is 5.73 Å². The summed E-state index contributed by atoms with van der Waals surface area (Å²) in [6.45, 7) is 0. The highest BCUT2D eigenvalue weighted by molar-refractivity contribution is 7.18. The highest BCUT2D eigenvalue weighted by atomic mass is 32.1. The fourth-order valence-electron chi connectivity index (χ4n) is 1.60. The molecule has 90 valence electrons. The topological polar surface area (TPSA) is 82.3 Å². The lowest BCUT2D eigenvalue weighted by atomic mass is 10.1. The van der Waals surface area contributed by atoms with E-state index in [4.69, 9.17) is 14.6 Å². The molecule has 0 aliphatic heterocycles. The van der Waals surface area contributed by atoms with Crippen molar-refractivity contribution in [3.05, 3.63) is 47.4 Å². The summed E-state index contributed by atoms with van der Waals surface area (Å²) in [6.07, 6.45) is 4.37. The predicted octanol–water partition coefficient (Wildman–Crippen LogP) is 2.81. The normalized spacial score (nSPS) is 10.7. The largest absolute Gasteiger partial charge is 0.472 e. The second-order valence-corrected chi connectivity index (χ2v) is 4.58. The predicted molar refractivity (Wildman–Crippen MR) is 66.4 cm³/mol. The molecule has 0 fully saturated rings. The van der Waals surface area contributed by atoms with Crippen molar-refractivity contribution in [1.29, 1.82) is 0 Å². The zero-order valence-electron chi connectivity index (χ0n) is 9.12. The van der Waals surface area contributed by atoms with E-state index < -0.39 is 0 Å². The van der Waals surface area contributed by atoms with Crippen molar-refractivity contribution in [1.82, 2.24) is 4.98 Å². The van der Waals surface area contributed by atoms with Gasteiger partial charge in [0.15, 0.2) is 10.9 Å². The zero-order valence-corrected chi connectivity index (χ0v) is 9.94. The van der Waals surface area contributed by atoms with E-state index >= 15 is 0 Å². The van der Waals surface area contributed by atoms with Crippen LogP contribution in [-0.2, 0) is 0 Å². The molecule has 0 bridgehead atoms. The van der Waals surface area contributed by atoms with Crippen molar-refractivity contribution in [3.63, 3.8) is 0 Å². The summed E-state index contributed by atoms with van der Waals surface area (Å²) < 4.78 is 10.2. The summed E-state index contributed by atoms with van der Waals surface area (Å²) in [5.41, 5.74) is 6.60. The number of hydrogen-bond acceptors (Lipinski definition) is 6. The van der Waals surface area contributed by atoms with Crippen LogP contribution in [0, 0.1) is 0 Å². The number of hydrogen-bond donors (Lipinski definition) is 1. The van der Waals surface area contributed by atoms with Crippen LogP contribution in [0.1, 0.15) is 15.2 Å². The molecule has 18 heavy (non-hydrogen) atoms. The van der Waals surface area contributed by atoms with Crippen LogP contribution in [0.4, 0.5) is 5.13 Å². The van der Waals surface area contributed by atoms with E-state index in [1.165, 1.54) is 18.8 Å². The lowest BCUT2D eigenvalue weighted by Gasteiger charge is -1.96. The second kappa shape index (κ2) is 4.15. The first kappa shape index (κ1) is 10.8. The van der Waals surface area contributed by atoms with Crippen LogP contribution in [0.2, 0.25) is 0 Å². The van der Waals surface area contributed by atoms with Gasteiger partial charge >= 0.3 is 0 Å². The summed E-state index contributed by atoms with van der Waals surface area (Å²) in [7, 11) is 0. The maximum absolute atomic E-state index is 12.2. The van der Waals surface area contributed by atoms with Gasteiger partial charge in [0.2, 0.25) is 5.78 Å². The molecule has 0 saturated carbocycles. The molecule has 0 aromatic carbocycles. The first-order valence-corrected chi connectivity index (χ1v) is 5.94. The molecule has 0 radical (unpaired) electrons. The Morgan fingerprint density at radius 3 is 2.89 bits per heavy atom. The number of rotatable bonds is 3. The number of nitrogen functional groups attached to an aromatic ring is 1. The molecule has 6 heteroatoms. The Bertz CT molecular complexity index is 668. The van der Waals surface area contributed by atoms with Crippen LogP contribution in [0.3, 0.4) is 0 Å². The summed E-state index contributed by atoms with van der Waals surface area (Å²) in [5.74, 6) is 0.346. The molecule has 0 aliphatic carbocycles. The molecule has 5 nitrogen and oxygen atoms in total. The molecule has 0 amide bonds. The minimum absolute atomic E-state index is 0.177.